The Morgan fingerprint density at radius 1 is 1.56 bits per heavy atom. The third kappa shape index (κ3) is 1.79. The van der Waals surface area contributed by atoms with Crippen LogP contribution in [0.1, 0.15) is 16.7 Å². The molecule has 1 unspecified atom stereocenters. The predicted molar refractivity (Wildman–Crippen MR) is 61.3 cm³/mol. The minimum absolute atomic E-state index is 0.494. The Labute approximate surface area is 96.5 Å². The summed E-state index contributed by atoms with van der Waals surface area (Å²) in [4.78, 5) is 15.6. The van der Waals surface area contributed by atoms with Gasteiger partial charge in [-0.25, -0.2) is 9.78 Å². The molecule has 16 heavy (non-hydrogen) atoms. The number of aryl methyl sites for hydroxylation is 1. The molecular weight excluding hydrogens is 226 g/mol. The molecule has 1 heterocycles. The highest BCUT2D eigenvalue weighted by atomic mass is 32.1. The Hall–Kier alpha value is -1.46. The molecule has 0 radical (unpaired) electrons. The average Bonchev–Trinajstić information content (AvgIpc) is 2.66. The summed E-state index contributed by atoms with van der Waals surface area (Å²) in [6, 6.07) is 5.39. The number of hydrogen-bond donors (Lipinski definition) is 1. The van der Waals surface area contributed by atoms with Gasteiger partial charge in [0.2, 0.25) is 0 Å². The molecule has 2 rings (SSSR count). The first-order chi connectivity index (χ1) is 7.63. The van der Waals surface area contributed by atoms with Crippen LogP contribution in [0.4, 0.5) is 0 Å². The fourth-order valence-electron chi connectivity index (χ4n) is 1.54. The molecule has 0 fully saturated rings. The van der Waals surface area contributed by atoms with Gasteiger partial charge in [0.15, 0.2) is 6.10 Å². The average molecular weight is 237 g/mol. The van der Waals surface area contributed by atoms with E-state index in [-0.39, 0.29) is 0 Å². The normalized spacial score (nSPS) is 12.7. The number of aliphatic hydroxyl groups excluding tert-OH is 1. The molecular formula is C11H11NO3S. The van der Waals surface area contributed by atoms with Crippen LogP contribution in [0.3, 0.4) is 0 Å². The number of nitrogens with zero attached hydrogens (tertiary/aromatic N) is 1. The highest BCUT2D eigenvalue weighted by Crippen LogP contribution is 2.28. The molecule has 84 valence electrons. The van der Waals surface area contributed by atoms with Gasteiger partial charge >= 0.3 is 5.97 Å². The molecule has 1 aromatic heterocycles. The number of esters is 1. The van der Waals surface area contributed by atoms with Gasteiger partial charge in [-0.05, 0) is 13.0 Å². The van der Waals surface area contributed by atoms with Crippen molar-refractivity contribution in [3.63, 3.8) is 0 Å². The van der Waals surface area contributed by atoms with E-state index in [9.17, 15) is 9.90 Å². The van der Waals surface area contributed by atoms with Crippen LogP contribution in [-0.2, 0) is 9.53 Å². The third-order valence-electron chi connectivity index (χ3n) is 2.28. The van der Waals surface area contributed by atoms with E-state index in [0.29, 0.717) is 11.1 Å². The second kappa shape index (κ2) is 4.19. The molecule has 0 bridgehead atoms. The highest BCUT2D eigenvalue weighted by Gasteiger charge is 2.21. The number of aliphatic hydroxyl groups is 1. The van der Waals surface area contributed by atoms with Gasteiger partial charge in [-0.2, -0.15) is 0 Å². The summed E-state index contributed by atoms with van der Waals surface area (Å²) < 4.78 is 5.47. The number of para-hydroxylation sites is 1. The topological polar surface area (TPSA) is 59.4 Å². The molecule has 1 aromatic carbocycles. The van der Waals surface area contributed by atoms with Crippen LogP contribution in [0.5, 0.6) is 0 Å². The predicted octanol–water partition coefficient (Wildman–Crippen LogP) is 1.81. The number of hydrogen-bond acceptors (Lipinski definition) is 5. The zero-order valence-electron chi connectivity index (χ0n) is 8.93. The smallest absolute Gasteiger partial charge is 0.339 e. The summed E-state index contributed by atoms with van der Waals surface area (Å²) in [7, 11) is 1.25. The zero-order chi connectivity index (χ0) is 11.7. The van der Waals surface area contributed by atoms with Crippen LogP contribution in [0.15, 0.2) is 18.2 Å². The van der Waals surface area contributed by atoms with Crippen molar-refractivity contribution < 1.29 is 14.6 Å². The van der Waals surface area contributed by atoms with E-state index in [2.05, 4.69) is 9.72 Å². The summed E-state index contributed by atoms with van der Waals surface area (Å²) >= 11 is 1.53. The minimum Gasteiger partial charge on any atom is -0.467 e. The first kappa shape index (κ1) is 11.0. The molecule has 0 aliphatic heterocycles. The van der Waals surface area contributed by atoms with Crippen molar-refractivity contribution >= 4 is 27.5 Å². The van der Waals surface area contributed by atoms with Crippen molar-refractivity contribution in [3.05, 3.63) is 28.8 Å². The lowest BCUT2D eigenvalue weighted by molar-refractivity contribution is -0.150. The standard InChI is InChI=1S/C11H11NO3S/c1-6-12-9-7(10(13)11(14)15-2)4-3-5-8(9)16-6/h3-5,10,13H,1-2H3. The van der Waals surface area contributed by atoms with Crippen LogP contribution >= 0.6 is 11.3 Å². The SMILES string of the molecule is COC(=O)C(O)c1cccc2sc(C)nc12. The van der Waals surface area contributed by atoms with Gasteiger partial charge in [-0.15, -0.1) is 11.3 Å². The zero-order valence-corrected chi connectivity index (χ0v) is 9.75. The van der Waals surface area contributed by atoms with Gasteiger partial charge < -0.3 is 9.84 Å². The lowest BCUT2D eigenvalue weighted by atomic mass is 10.1. The number of rotatable bonds is 2. The number of thiazole rings is 1. The van der Waals surface area contributed by atoms with Crippen LogP contribution in [-0.4, -0.2) is 23.2 Å². The summed E-state index contributed by atoms with van der Waals surface area (Å²) in [5.74, 6) is -0.668. The maximum absolute atomic E-state index is 11.3. The fourth-order valence-corrected chi connectivity index (χ4v) is 2.40. The molecule has 2 aromatic rings. The number of benzene rings is 1. The molecule has 0 saturated heterocycles. The van der Waals surface area contributed by atoms with Crippen LogP contribution in [0.2, 0.25) is 0 Å². The van der Waals surface area contributed by atoms with Gasteiger partial charge in [0.1, 0.15) is 0 Å². The van der Waals surface area contributed by atoms with Gasteiger partial charge in [0, 0.05) is 5.56 Å². The van der Waals surface area contributed by atoms with Gasteiger partial charge in [-0.3, -0.25) is 0 Å². The molecule has 0 aliphatic rings. The van der Waals surface area contributed by atoms with E-state index in [1.165, 1.54) is 18.4 Å². The molecule has 0 aliphatic carbocycles. The van der Waals surface area contributed by atoms with E-state index in [1.54, 1.807) is 12.1 Å². The highest BCUT2D eigenvalue weighted by molar-refractivity contribution is 7.18. The second-order valence-corrected chi connectivity index (χ2v) is 4.59. The van der Waals surface area contributed by atoms with Crippen molar-refractivity contribution in [1.82, 2.24) is 4.98 Å². The molecule has 0 amide bonds. The lowest BCUT2D eigenvalue weighted by Gasteiger charge is -2.08. The molecule has 4 nitrogen and oxygen atoms in total. The lowest BCUT2D eigenvalue weighted by Crippen LogP contribution is -2.13. The number of ether oxygens (including phenoxy) is 1. The van der Waals surface area contributed by atoms with Crippen molar-refractivity contribution in [1.29, 1.82) is 0 Å². The Morgan fingerprint density at radius 3 is 3.00 bits per heavy atom. The first-order valence-electron chi connectivity index (χ1n) is 4.75. The quantitative estimate of drug-likeness (QED) is 0.809. The largest absolute Gasteiger partial charge is 0.467 e. The van der Waals surface area contributed by atoms with E-state index >= 15 is 0 Å². The molecule has 0 spiro atoms. The fraction of sp³-hybridized carbons (Fsp3) is 0.273. The van der Waals surface area contributed by atoms with E-state index in [1.807, 2.05) is 13.0 Å². The Bertz CT molecular complexity index is 535. The number of fused-ring (bicyclic) bond motifs is 1. The number of aromatic nitrogens is 1. The van der Waals surface area contributed by atoms with Crippen LogP contribution in [0.25, 0.3) is 10.2 Å². The van der Waals surface area contributed by atoms with E-state index in [0.717, 1.165) is 9.71 Å². The van der Waals surface area contributed by atoms with E-state index in [4.69, 9.17) is 0 Å². The molecule has 1 N–H and O–H groups in total. The minimum atomic E-state index is -1.27. The van der Waals surface area contributed by atoms with Crippen molar-refractivity contribution in [3.8, 4) is 0 Å². The number of methoxy groups -OCH3 is 1. The Kier molecular flexibility index (Phi) is 2.89. The van der Waals surface area contributed by atoms with Crippen molar-refractivity contribution in [2.45, 2.75) is 13.0 Å². The second-order valence-electron chi connectivity index (χ2n) is 3.35. The van der Waals surface area contributed by atoms with Crippen LogP contribution in [0, 0.1) is 6.92 Å². The summed E-state index contributed by atoms with van der Waals surface area (Å²) in [6.07, 6.45) is -1.27. The molecule has 1 atom stereocenters. The monoisotopic (exact) mass is 237 g/mol. The van der Waals surface area contributed by atoms with Gasteiger partial charge in [0.05, 0.1) is 22.3 Å². The maximum Gasteiger partial charge on any atom is 0.339 e. The molecule has 0 saturated carbocycles. The Morgan fingerprint density at radius 2 is 2.31 bits per heavy atom. The van der Waals surface area contributed by atoms with Crippen molar-refractivity contribution in [2.24, 2.45) is 0 Å². The van der Waals surface area contributed by atoms with E-state index < -0.39 is 12.1 Å². The van der Waals surface area contributed by atoms with Crippen molar-refractivity contribution in [2.75, 3.05) is 7.11 Å². The first-order valence-corrected chi connectivity index (χ1v) is 5.57. The number of carbonyl (C=O) groups is 1. The Balaban J connectivity index is 2.55. The van der Waals surface area contributed by atoms with Gasteiger partial charge in [0.25, 0.3) is 0 Å². The third-order valence-corrected chi connectivity index (χ3v) is 3.21. The van der Waals surface area contributed by atoms with Crippen LogP contribution < -0.4 is 0 Å². The van der Waals surface area contributed by atoms with Gasteiger partial charge in [-0.1, -0.05) is 12.1 Å². The molecule has 5 heteroatoms. The number of carbonyl (C=O) groups excluding carboxylic acids is 1. The summed E-state index contributed by atoms with van der Waals surface area (Å²) in [6.45, 7) is 1.89. The summed E-state index contributed by atoms with van der Waals surface area (Å²) in [5, 5.41) is 10.7. The summed E-state index contributed by atoms with van der Waals surface area (Å²) in [5.41, 5.74) is 1.16. The maximum atomic E-state index is 11.3.